The van der Waals surface area contributed by atoms with Crippen LogP contribution in [0.15, 0.2) is 86.1 Å². The number of anilines is 1. The van der Waals surface area contributed by atoms with Crippen molar-refractivity contribution in [1.82, 2.24) is 9.89 Å². The molecule has 356 valence electrons. The van der Waals surface area contributed by atoms with Gasteiger partial charge in [0.05, 0.1) is 27.8 Å². The third-order valence-corrected chi connectivity index (χ3v) is 17.8. The highest BCUT2D eigenvalue weighted by molar-refractivity contribution is 8.00. The van der Waals surface area contributed by atoms with Crippen LogP contribution in [0.2, 0.25) is 0 Å². The number of phenols is 1. The van der Waals surface area contributed by atoms with E-state index in [0.717, 1.165) is 33.0 Å². The van der Waals surface area contributed by atoms with E-state index < -0.39 is 80.6 Å². The number of thioether (sulfide) groups is 1. The van der Waals surface area contributed by atoms with Crippen LogP contribution in [0.25, 0.3) is 26.5 Å². The van der Waals surface area contributed by atoms with E-state index in [1.165, 1.54) is 29.5 Å². The molecule has 4 aromatic carbocycles. The van der Waals surface area contributed by atoms with Gasteiger partial charge < -0.3 is 24.6 Å². The molecule has 2 aromatic heterocycles. The minimum atomic E-state index is -5.75. The quantitative estimate of drug-likeness (QED) is 0.0840. The standard InChI is InChI=1S/C45H39F2N3O9S5.O3S/c1-44(2)28-12-14-60-41(28)24-15-26-33(19-31(24)49(44)5)59-34-20-32-25(42-29(45(3,4)50(32)6)17-37(62-42)63(53,54)55)16-27(34)38(26)39-40(47)35(18-30(46)43(39)64(56,57)58)61-21-36(52)48-13-11-22-7-9-23(51)10-8-22;1-4(2)3/h7-10,12,14-20H,11,13,21H2,1-6H3,(H3-,48,51,52,53,54,55,56,57,58);. The van der Waals surface area contributed by atoms with Gasteiger partial charge in [0.2, 0.25) is 11.3 Å². The number of nitrogens with zero attached hydrogens (tertiary/aromatic N) is 2. The Kier molecular flexibility index (Phi) is 12.6. The largest absolute Gasteiger partial charge is 0.744 e. The molecule has 23 heteroatoms. The first-order valence-corrected chi connectivity index (χ1v) is 26.8. The average molecular weight is 1040 g/mol. The zero-order valence-corrected chi connectivity index (χ0v) is 41.5. The molecular weight excluding hydrogens is 1000 g/mol. The van der Waals surface area contributed by atoms with Gasteiger partial charge in [-0.1, -0.05) is 12.1 Å². The number of ether oxygens (including phenoxy) is 1. The molecule has 1 amide bonds. The van der Waals surface area contributed by atoms with Crippen LogP contribution in [-0.2, 0) is 53.1 Å². The van der Waals surface area contributed by atoms with E-state index in [-0.39, 0.29) is 44.4 Å². The summed E-state index contributed by atoms with van der Waals surface area (Å²) in [4.78, 5) is 14.6. The SMILES string of the molecule is CN1c2cc3c(cc2-c2sccc2C1(C)C)C(c1c(F)c(SCC(=O)NCCc2ccc(O)cc2)cc(F)c1S(=O)(=O)[O-])=c1cc2c(cc1O3)=[N+](C)C(C)(C)c1cc(S(=O)(=O)O)sc1-2.O=S(=O)=O. The van der Waals surface area contributed by atoms with Crippen LogP contribution in [0.5, 0.6) is 17.2 Å². The second-order valence-corrected chi connectivity index (χ2v) is 23.3. The van der Waals surface area contributed by atoms with Crippen molar-refractivity contribution in [2.45, 2.75) is 59.2 Å². The summed E-state index contributed by atoms with van der Waals surface area (Å²) in [5.41, 5.74) is 2.01. The Labute approximate surface area is 402 Å². The van der Waals surface area contributed by atoms with Gasteiger partial charge in [0.1, 0.15) is 55.2 Å². The Balaban J connectivity index is 0.00000150. The second kappa shape index (κ2) is 17.5. The number of amides is 1. The van der Waals surface area contributed by atoms with E-state index in [2.05, 4.69) is 24.1 Å². The fourth-order valence-electron chi connectivity index (χ4n) is 8.62. The normalized spacial score (nSPS) is 15.1. The van der Waals surface area contributed by atoms with E-state index in [9.17, 15) is 35.8 Å². The van der Waals surface area contributed by atoms with Crippen molar-refractivity contribution >= 4 is 82.4 Å². The summed E-state index contributed by atoms with van der Waals surface area (Å²) in [5, 5.41) is 14.9. The molecule has 3 N–H and O–H groups in total. The van der Waals surface area contributed by atoms with Crippen LogP contribution < -0.4 is 30.1 Å². The maximum absolute atomic E-state index is 17.6. The predicted octanol–water partition coefficient (Wildman–Crippen LogP) is 6.13. The summed E-state index contributed by atoms with van der Waals surface area (Å²) >= 11 is 2.90. The number of aromatic hydroxyl groups is 1. The molecule has 0 unspecified atom stereocenters. The van der Waals surface area contributed by atoms with Gasteiger partial charge in [0.15, 0.2) is 5.54 Å². The van der Waals surface area contributed by atoms with Crippen molar-refractivity contribution in [2.75, 3.05) is 31.3 Å². The number of phenolic OH excluding ortho intramolecular Hbond substituents is 1. The Morgan fingerprint density at radius 1 is 0.926 bits per heavy atom. The number of carbonyl (C=O) groups is 1. The van der Waals surface area contributed by atoms with Gasteiger partial charge in [-0.05, 0) is 79.2 Å². The molecule has 0 saturated heterocycles. The molecule has 15 nitrogen and oxygen atoms in total. The van der Waals surface area contributed by atoms with Crippen LogP contribution in [0.3, 0.4) is 0 Å². The monoisotopic (exact) mass is 1040 g/mol. The lowest BCUT2D eigenvalue weighted by Gasteiger charge is -2.43. The number of halogens is 2. The molecule has 3 aliphatic heterocycles. The van der Waals surface area contributed by atoms with E-state index in [4.69, 9.17) is 17.4 Å². The van der Waals surface area contributed by atoms with Crippen molar-refractivity contribution in [2.24, 2.45) is 0 Å². The summed E-state index contributed by atoms with van der Waals surface area (Å²) in [6.07, 6.45) is 0.421. The molecule has 5 heterocycles. The second-order valence-electron chi connectivity index (χ2n) is 17.0. The van der Waals surface area contributed by atoms with Gasteiger partial charge in [-0.3, -0.25) is 9.35 Å². The average Bonchev–Trinajstić information content (AvgIpc) is 3.94. The summed E-state index contributed by atoms with van der Waals surface area (Å²) in [6, 6.07) is 17.1. The van der Waals surface area contributed by atoms with Crippen molar-refractivity contribution in [1.29, 1.82) is 0 Å². The Bertz CT molecular complexity index is 3620. The van der Waals surface area contributed by atoms with Crippen LogP contribution >= 0.6 is 34.4 Å². The zero-order valence-electron chi connectivity index (χ0n) is 36.6. The highest BCUT2D eigenvalue weighted by atomic mass is 32.3. The van der Waals surface area contributed by atoms with Crippen molar-refractivity contribution < 1.29 is 62.0 Å². The molecule has 0 saturated carbocycles. The predicted molar refractivity (Wildman–Crippen MR) is 251 cm³/mol. The molecule has 6 aromatic rings. The lowest BCUT2D eigenvalue weighted by atomic mass is 9.83. The highest BCUT2D eigenvalue weighted by Gasteiger charge is 2.43. The molecule has 0 atom stereocenters. The third kappa shape index (κ3) is 8.62. The minimum Gasteiger partial charge on any atom is -0.744 e. The van der Waals surface area contributed by atoms with Gasteiger partial charge in [-0.25, -0.2) is 21.8 Å². The van der Waals surface area contributed by atoms with Crippen molar-refractivity contribution in [3.8, 4) is 38.1 Å². The van der Waals surface area contributed by atoms with Gasteiger partial charge in [-0.15, -0.1) is 47.1 Å². The molecule has 0 radical (unpaired) electrons. The lowest BCUT2D eigenvalue weighted by Crippen LogP contribution is -2.46. The molecule has 9 rings (SSSR count). The Hall–Kier alpha value is -5.53. The van der Waals surface area contributed by atoms with Crippen molar-refractivity contribution in [3.05, 3.63) is 122 Å². The number of hydrogen-bond donors (Lipinski definition) is 3. The maximum atomic E-state index is 17.6. The number of carbonyl (C=O) groups excluding carboxylic acids is 1. The molecule has 3 aliphatic rings. The number of fused-ring (bicyclic) bond motifs is 8. The lowest BCUT2D eigenvalue weighted by molar-refractivity contribution is -0.118. The van der Waals surface area contributed by atoms with E-state index >= 15 is 8.78 Å². The Morgan fingerprint density at radius 3 is 2.25 bits per heavy atom. The first kappa shape index (κ1) is 48.9. The number of rotatable bonds is 9. The van der Waals surface area contributed by atoms with Crippen LogP contribution in [0, 0.1) is 11.6 Å². The molecule has 0 spiro atoms. The van der Waals surface area contributed by atoms with Gasteiger partial charge in [-0.2, -0.15) is 8.42 Å². The van der Waals surface area contributed by atoms with Gasteiger partial charge in [0, 0.05) is 82.0 Å². The van der Waals surface area contributed by atoms with Crippen LogP contribution in [0.1, 0.15) is 55.5 Å². The zero-order chi connectivity index (χ0) is 49.6. The number of benzene rings is 4. The fourth-order valence-corrected chi connectivity index (χ4v) is 13.3. The first-order chi connectivity index (χ1) is 31.7. The van der Waals surface area contributed by atoms with Crippen LogP contribution in [0.4, 0.5) is 14.5 Å². The maximum Gasteiger partial charge on any atom is 0.425 e. The van der Waals surface area contributed by atoms with Crippen molar-refractivity contribution in [3.63, 3.8) is 0 Å². The molecule has 0 aliphatic carbocycles. The number of hydrogen-bond acceptors (Lipinski definition) is 15. The summed E-state index contributed by atoms with van der Waals surface area (Å²) in [7, 11) is -9.81. The number of thiophene rings is 2. The molecule has 68 heavy (non-hydrogen) atoms. The van der Waals surface area contributed by atoms with E-state index in [0.29, 0.717) is 51.2 Å². The third-order valence-electron chi connectivity index (χ3n) is 12.5. The summed E-state index contributed by atoms with van der Waals surface area (Å²) in [6.45, 7) is 8.06. The van der Waals surface area contributed by atoms with Gasteiger partial charge in [0.25, 0.3) is 0 Å². The van der Waals surface area contributed by atoms with Crippen LogP contribution in [-0.4, -0.2) is 76.0 Å². The fraction of sp³-hybridized carbons (Fsp3) is 0.244. The molecule has 0 fully saturated rings. The summed E-state index contributed by atoms with van der Waals surface area (Å²) in [5.74, 6) is -3.36. The molecule has 0 bridgehead atoms. The molecular formula is C45H39F2N3O12S6. The van der Waals surface area contributed by atoms with E-state index in [1.807, 2.05) is 36.9 Å². The minimum absolute atomic E-state index is 0.0697. The topological polar surface area (TPSA) is 228 Å². The summed E-state index contributed by atoms with van der Waals surface area (Å²) < 4.78 is 142. The highest BCUT2D eigenvalue weighted by Crippen LogP contribution is 2.54. The van der Waals surface area contributed by atoms with E-state index in [1.54, 1.807) is 43.4 Å². The number of nitrogens with one attached hydrogen (secondary N) is 1. The Morgan fingerprint density at radius 2 is 1.60 bits per heavy atom. The first-order valence-electron chi connectivity index (χ1n) is 20.2. The van der Waals surface area contributed by atoms with Gasteiger partial charge >= 0.3 is 20.7 Å². The smallest absolute Gasteiger partial charge is 0.425 e.